The third-order valence-electron chi connectivity index (χ3n) is 3.63. The van der Waals surface area contributed by atoms with E-state index in [1.54, 1.807) is 7.05 Å². The van der Waals surface area contributed by atoms with Crippen molar-refractivity contribution in [3.63, 3.8) is 0 Å². The molecule has 0 aromatic heterocycles. The van der Waals surface area contributed by atoms with Gasteiger partial charge >= 0.3 is 5.97 Å². The molecule has 7 N–H and O–H groups in total. The molecule has 10 heteroatoms. The minimum absolute atomic E-state index is 0.0936. The molecule has 0 bridgehead atoms. The minimum Gasteiger partial charge on any atom is -0.481 e. The van der Waals surface area contributed by atoms with E-state index in [2.05, 4.69) is 5.32 Å². The predicted molar refractivity (Wildman–Crippen MR) is 99.6 cm³/mol. The van der Waals surface area contributed by atoms with E-state index < -0.39 is 37.0 Å². The summed E-state index contributed by atoms with van der Waals surface area (Å²) in [7, 11) is 5.49. The van der Waals surface area contributed by atoms with Crippen LogP contribution in [0, 0.1) is 0 Å². The van der Waals surface area contributed by atoms with E-state index in [1.807, 2.05) is 21.6 Å². The van der Waals surface area contributed by atoms with Gasteiger partial charge in [0, 0.05) is 24.0 Å². The molecule has 1 saturated heterocycles. The second-order valence-corrected chi connectivity index (χ2v) is 8.61. The first-order valence-electron chi connectivity index (χ1n) is 8.31. The lowest BCUT2D eigenvalue weighted by molar-refractivity contribution is -0.137. The van der Waals surface area contributed by atoms with Gasteiger partial charge in [-0.3, -0.25) is 4.79 Å². The number of aliphatic carboxylic acids is 1. The van der Waals surface area contributed by atoms with E-state index >= 15 is 0 Å². The maximum atomic E-state index is 10.2. The molecular weight excluding hydrogens is 370 g/mol. The quantitative estimate of drug-likeness (QED) is 0.177. The number of unbranched alkanes of at least 4 members (excludes halogenated alkanes) is 1. The fraction of sp³-hybridized carbons (Fsp3) is 0.933. The molecule has 150 valence electrons. The molecule has 0 aromatic carbocycles. The van der Waals surface area contributed by atoms with Crippen LogP contribution in [-0.2, 0) is 4.79 Å². The van der Waals surface area contributed by atoms with Crippen molar-refractivity contribution in [1.29, 1.82) is 0 Å². The van der Waals surface area contributed by atoms with E-state index in [0.29, 0.717) is 6.42 Å². The van der Waals surface area contributed by atoms with Crippen molar-refractivity contribution in [2.24, 2.45) is 0 Å². The van der Waals surface area contributed by atoms with Crippen molar-refractivity contribution in [3.8, 4) is 0 Å². The molecule has 8 nitrogen and oxygen atoms in total. The number of carbonyl (C=O) groups is 1. The second-order valence-electron chi connectivity index (χ2n) is 5.82. The highest BCUT2D eigenvalue weighted by Crippen LogP contribution is 2.39. The standard InChI is InChI=1S/C8H14O2S2.C7H17NO5/c9-8(10)4-2-1-3-7-5-6-11-12-7;1-8-2-4(10)6(12)7(13)5(11)3-9/h7H,1-6H2,(H,9,10);4-13H,2-3H2,1H3/t;4-,5+,6+,7+/m.0/s1. The van der Waals surface area contributed by atoms with Crippen molar-refractivity contribution in [3.05, 3.63) is 0 Å². The fourth-order valence-corrected chi connectivity index (χ4v) is 5.13. The third kappa shape index (κ3) is 12.0. The van der Waals surface area contributed by atoms with Gasteiger partial charge in [0.25, 0.3) is 0 Å². The van der Waals surface area contributed by atoms with Crippen LogP contribution < -0.4 is 5.32 Å². The van der Waals surface area contributed by atoms with E-state index in [4.69, 9.17) is 25.5 Å². The lowest BCUT2D eigenvalue weighted by Gasteiger charge is -2.25. The van der Waals surface area contributed by atoms with E-state index in [1.165, 1.54) is 18.6 Å². The van der Waals surface area contributed by atoms with Gasteiger partial charge in [-0.15, -0.1) is 0 Å². The van der Waals surface area contributed by atoms with Crippen LogP contribution in [0.5, 0.6) is 0 Å². The number of carboxylic acids is 1. The largest absolute Gasteiger partial charge is 0.481 e. The molecule has 1 heterocycles. The summed E-state index contributed by atoms with van der Waals surface area (Å²) in [6.45, 7) is -0.569. The molecule has 5 atom stereocenters. The zero-order valence-corrected chi connectivity index (χ0v) is 16.1. The summed E-state index contributed by atoms with van der Waals surface area (Å²) in [6, 6.07) is 0. The first-order chi connectivity index (χ1) is 11.8. The van der Waals surface area contributed by atoms with Crippen LogP contribution in [-0.4, -0.2) is 92.2 Å². The summed E-state index contributed by atoms with van der Waals surface area (Å²) in [4.78, 5) is 10.2. The van der Waals surface area contributed by atoms with E-state index in [-0.39, 0.29) is 6.54 Å². The first-order valence-corrected chi connectivity index (χ1v) is 10.7. The number of hydrogen-bond donors (Lipinski definition) is 7. The SMILES string of the molecule is CNC[C@H](O)[C@@H](O)[C@H](O)[C@H](O)CO.O=C(O)CCCCC1CCSS1. The van der Waals surface area contributed by atoms with Gasteiger partial charge in [0.15, 0.2) is 0 Å². The highest BCUT2D eigenvalue weighted by Gasteiger charge is 2.29. The number of likely N-dealkylation sites (N-methyl/N-ethyl adjacent to an activating group) is 1. The molecule has 25 heavy (non-hydrogen) atoms. The topological polar surface area (TPSA) is 150 Å². The lowest BCUT2D eigenvalue weighted by atomic mass is 10.0. The summed E-state index contributed by atoms with van der Waals surface area (Å²) < 4.78 is 0. The summed E-state index contributed by atoms with van der Waals surface area (Å²) in [5, 5.41) is 56.7. The van der Waals surface area contributed by atoms with Crippen molar-refractivity contribution >= 4 is 27.6 Å². The Kier molecular flexibility index (Phi) is 15.0. The van der Waals surface area contributed by atoms with Gasteiger partial charge in [-0.25, -0.2) is 0 Å². The third-order valence-corrected chi connectivity index (χ3v) is 6.64. The highest BCUT2D eigenvalue weighted by molar-refractivity contribution is 8.77. The molecular formula is C15H31NO7S2. The Hall–Kier alpha value is -0.0700. The molecule has 0 spiro atoms. The molecule has 0 aromatic rings. The van der Waals surface area contributed by atoms with E-state index in [9.17, 15) is 9.90 Å². The Morgan fingerprint density at radius 3 is 2.28 bits per heavy atom. The molecule has 0 amide bonds. The Bertz CT molecular complexity index is 346. The van der Waals surface area contributed by atoms with Crippen LogP contribution in [0.4, 0.5) is 0 Å². The molecule has 1 aliphatic heterocycles. The first kappa shape index (κ1) is 24.9. The number of aliphatic hydroxyl groups is 5. The van der Waals surface area contributed by atoms with Crippen LogP contribution in [0.25, 0.3) is 0 Å². The lowest BCUT2D eigenvalue weighted by Crippen LogP contribution is -2.48. The van der Waals surface area contributed by atoms with Gasteiger partial charge in [0.1, 0.15) is 18.3 Å². The fourth-order valence-electron chi connectivity index (χ4n) is 2.11. The summed E-state index contributed by atoms with van der Waals surface area (Å²) in [5.74, 6) is 0.609. The van der Waals surface area contributed by atoms with Gasteiger partial charge in [-0.2, -0.15) is 0 Å². The summed E-state index contributed by atoms with van der Waals surface area (Å²) in [5.41, 5.74) is 0. The Balaban J connectivity index is 0.000000462. The zero-order valence-electron chi connectivity index (χ0n) is 14.5. The molecule has 1 fully saturated rings. The van der Waals surface area contributed by atoms with Gasteiger partial charge < -0.3 is 36.0 Å². The monoisotopic (exact) mass is 401 g/mol. The number of carboxylic acid groups (broad SMARTS) is 1. The number of nitrogens with one attached hydrogen (secondary N) is 1. The van der Waals surface area contributed by atoms with E-state index in [0.717, 1.165) is 18.1 Å². The average Bonchev–Trinajstić information content (AvgIpc) is 3.10. The molecule has 1 unspecified atom stereocenters. The van der Waals surface area contributed by atoms with Crippen molar-refractivity contribution in [1.82, 2.24) is 5.32 Å². The molecule has 0 aliphatic carbocycles. The summed E-state index contributed by atoms with van der Waals surface area (Å²) >= 11 is 0. The Labute approximate surface area is 156 Å². The molecule has 0 radical (unpaired) electrons. The van der Waals surface area contributed by atoms with Crippen LogP contribution in [0.15, 0.2) is 0 Å². The smallest absolute Gasteiger partial charge is 0.303 e. The van der Waals surface area contributed by atoms with Crippen LogP contribution in [0.3, 0.4) is 0 Å². The normalized spacial score (nSPS) is 21.8. The predicted octanol–water partition coefficient (Wildman–Crippen LogP) is -0.573. The van der Waals surface area contributed by atoms with Gasteiger partial charge in [0.05, 0.1) is 12.7 Å². The van der Waals surface area contributed by atoms with Crippen LogP contribution in [0.1, 0.15) is 32.1 Å². The van der Waals surface area contributed by atoms with Crippen LogP contribution in [0.2, 0.25) is 0 Å². The summed E-state index contributed by atoms with van der Waals surface area (Å²) in [6.07, 6.45) is -0.884. The van der Waals surface area contributed by atoms with Gasteiger partial charge in [0.2, 0.25) is 0 Å². The molecule has 1 aliphatic rings. The Morgan fingerprint density at radius 2 is 1.80 bits per heavy atom. The van der Waals surface area contributed by atoms with Gasteiger partial charge in [-0.05, 0) is 26.3 Å². The second kappa shape index (κ2) is 15.0. The zero-order chi connectivity index (χ0) is 19.2. The van der Waals surface area contributed by atoms with Gasteiger partial charge in [-0.1, -0.05) is 28.0 Å². The number of hydrogen-bond acceptors (Lipinski definition) is 9. The number of aliphatic hydroxyl groups excluding tert-OH is 5. The Morgan fingerprint density at radius 1 is 1.16 bits per heavy atom. The van der Waals surface area contributed by atoms with Crippen molar-refractivity contribution in [2.45, 2.75) is 61.8 Å². The van der Waals surface area contributed by atoms with Crippen molar-refractivity contribution in [2.75, 3.05) is 26.0 Å². The average molecular weight is 402 g/mol. The highest BCUT2D eigenvalue weighted by atomic mass is 33.1. The minimum atomic E-state index is -1.55. The molecule has 1 rings (SSSR count). The maximum Gasteiger partial charge on any atom is 0.303 e. The van der Waals surface area contributed by atoms with Crippen molar-refractivity contribution < 1.29 is 35.4 Å². The number of rotatable bonds is 11. The maximum absolute atomic E-state index is 10.2. The van der Waals surface area contributed by atoms with Crippen LogP contribution >= 0.6 is 21.6 Å². The molecule has 0 saturated carbocycles.